The minimum atomic E-state index is -0.0771. The molecule has 1 aromatic carbocycles. The lowest BCUT2D eigenvalue weighted by Gasteiger charge is -2.21. The Morgan fingerprint density at radius 1 is 1.42 bits per heavy atom. The number of nitrogens with zero attached hydrogens (tertiary/aromatic N) is 1. The number of hydrogen-bond acceptors (Lipinski definition) is 3. The van der Waals surface area contributed by atoms with Crippen molar-refractivity contribution in [2.75, 3.05) is 0 Å². The topological polar surface area (TPSA) is 57.8 Å². The van der Waals surface area contributed by atoms with Crippen LogP contribution in [-0.2, 0) is 24.2 Å². The summed E-state index contributed by atoms with van der Waals surface area (Å²) >= 11 is 1.62. The highest BCUT2D eigenvalue weighted by Crippen LogP contribution is 2.36. The van der Waals surface area contributed by atoms with Crippen LogP contribution in [0.5, 0.6) is 0 Å². The molecule has 4 nitrogen and oxygen atoms in total. The maximum atomic E-state index is 12.7. The Balaban J connectivity index is 1.53. The van der Waals surface area contributed by atoms with Gasteiger partial charge in [-0.1, -0.05) is 25.1 Å². The molecule has 4 rings (SSSR count). The lowest BCUT2D eigenvalue weighted by Crippen LogP contribution is -2.31. The average Bonchev–Trinajstić information content (AvgIpc) is 3.23. The number of fused-ring (bicyclic) bond motifs is 3. The van der Waals surface area contributed by atoms with Crippen LogP contribution < -0.4 is 5.32 Å². The summed E-state index contributed by atoms with van der Waals surface area (Å²) in [5.74, 6) is 0.0301. The number of thiazole rings is 1. The van der Waals surface area contributed by atoms with Crippen molar-refractivity contribution in [3.8, 4) is 0 Å². The molecule has 2 aromatic heterocycles. The minimum absolute atomic E-state index is 0.0771. The molecule has 2 heterocycles. The molecule has 0 fully saturated rings. The van der Waals surface area contributed by atoms with Crippen molar-refractivity contribution in [1.82, 2.24) is 15.3 Å². The fourth-order valence-corrected chi connectivity index (χ4v) is 4.37. The molecule has 0 saturated carbocycles. The van der Waals surface area contributed by atoms with Gasteiger partial charge in [0.2, 0.25) is 5.91 Å². The molecule has 24 heavy (non-hydrogen) atoms. The molecule has 0 radical (unpaired) electrons. The van der Waals surface area contributed by atoms with E-state index in [1.54, 1.807) is 11.3 Å². The smallest absolute Gasteiger partial charge is 0.229 e. The van der Waals surface area contributed by atoms with E-state index in [1.807, 2.05) is 6.07 Å². The summed E-state index contributed by atoms with van der Waals surface area (Å²) in [7, 11) is 0. The van der Waals surface area contributed by atoms with E-state index >= 15 is 0 Å². The van der Waals surface area contributed by atoms with Gasteiger partial charge in [-0.05, 0) is 37.3 Å². The Kier molecular flexibility index (Phi) is 4.10. The van der Waals surface area contributed by atoms with Crippen molar-refractivity contribution in [2.45, 2.75) is 45.1 Å². The van der Waals surface area contributed by atoms with Gasteiger partial charge in [0.1, 0.15) is 5.01 Å². The zero-order valence-corrected chi connectivity index (χ0v) is 14.6. The molecular formula is C19H21N3OS. The monoisotopic (exact) mass is 339 g/mol. The largest absolute Gasteiger partial charge is 0.357 e. The van der Waals surface area contributed by atoms with Crippen molar-refractivity contribution in [3.63, 3.8) is 0 Å². The predicted molar refractivity (Wildman–Crippen MR) is 97.3 cm³/mol. The van der Waals surface area contributed by atoms with Gasteiger partial charge in [-0.25, -0.2) is 4.98 Å². The Hall–Kier alpha value is -2.14. The molecule has 0 aliphatic heterocycles. The fraction of sp³-hybridized carbons (Fsp3) is 0.368. The van der Waals surface area contributed by atoms with Crippen molar-refractivity contribution in [3.05, 3.63) is 51.6 Å². The molecule has 124 valence electrons. The van der Waals surface area contributed by atoms with Crippen molar-refractivity contribution in [1.29, 1.82) is 0 Å². The number of aromatic amines is 1. The first-order chi connectivity index (χ1) is 11.8. The predicted octanol–water partition coefficient (Wildman–Crippen LogP) is 3.92. The number of para-hydroxylation sites is 1. The normalized spacial score (nSPS) is 17.0. The Bertz CT molecular complexity index is 880. The number of hydrogen-bond donors (Lipinski definition) is 2. The molecule has 0 saturated heterocycles. The summed E-state index contributed by atoms with van der Waals surface area (Å²) in [6.45, 7) is 2.62. The number of aryl methyl sites for hydroxylation is 2. The number of aromatic nitrogens is 2. The fourth-order valence-electron chi connectivity index (χ4n) is 3.56. The Morgan fingerprint density at radius 3 is 3.12 bits per heavy atom. The van der Waals surface area contributed by atoms with Gasteiger partial charge < -0.3 is 10.3 Å². The molecule has 1 aliphatic rings. The van der Waals surface area contributed by atoms with Crippen LogP contribution in [0.15, 0.2) is 29.6 Å². The van der Waals surface area contributed by atoms with Crippen molar-refractivity contribution in [2.24, 2.45) is 0 Å². The van der Waals surface area contributed by atoms with E-state index in [4.69, 9.17) is 0 Å². The zero-order valence-electron chi connectivity index (χ0n) is 13.8. The van der Waals surface area contributed by atoms with Crippen molar-refractivity contribution < 1.29 is 4.79 Å². The summed E-state index contributed by atoms with van der Waals surface area (Å²) in [6, 6.07) is 8.33. The molecule has 1 atom stereocenters. The van der Waals surface area contributed by atoms with Crippen LogP contribution in [0.1, 0.15) is 47.6 Å². The number of carbonyl (C=O) groups is 1. The summed E-state index contributed by atoms with van der Waals surface area (Å²) in [4.78, 5) is 20.7. The van der Waals surface area contributed by atoms with Crippen LogP contribution >= 0.6 is 11.3 Å². The van der Waals surface area contributed by atoms with E-state index in [0.717, 1.165) is 47.6 Å². The molecular weight excluding hydrogens is 318 g/mol. The summed E-state index contributed by atoms with van der Waals surface area (Å²) in [5.41, 5.74) is 4.65. The molecule has 0 bridgehead atoms. The molecule has 3 aromatic rings. The second kappa shape index (κ2) is 6.40. The van der Waals surface area contributed by atoms with Gasteiger partial charge in [-0.3, -0.25) is 4.79 Å². The highest BCUT2D eigenvalue weighted by atomic mass is 32.1. The summed E-state index contributed by atoms with van der Waals surface area (Å²) in [5, 5.41) is 7.39. The number of nitrogens with one attached hydrogen (secondary N) is 2. The van der Waals surface area contributed by atoms with E-state index < -0.39 is 0 Å². The minimum Gasteiger partial charge on any atom is -0.357 e. The van der Waals surface area contributed by atoms with E-state index in [2.05, 4.69) is 45.8 Å². The van der Waals surface area contributed by atoms with Gasteiger partial charge in [-0.2, -0.15) is 0 Å². The maximum Gasteiger partial charge on any atom is 0.229 e. The van der Waals surface area contributed by atoms with Crippen LogP contribution in [0.3, 0.4) is 0 Å². The van der Waals surface area contributed by atoms with Crippen LogP contribution in [0, 0.1) is 0 Å². The first kappa shape index (κ1) is 15.4. The van der Waals surface area contributed by atoms with E-state index in [0.29, 0.717) is 6.54 Å². The van der Waals surface area contributed by atoms with Gasteiger partial charge in [0, 0.05) is 22.0 Å². The third-order valence-electron chi connectivity index (χ3n) is 4.81. The first-order valence-electron chi connectivity index (χ1n) is 8.56. The average molecular weight is 339 g/mol. The number of H-pyrrole nitrogens is 1. The van der Waals surface area contributed by atoms with E-state index in [1.165, 1.54) is 10.9 Å². The lowest BCUT2D eigenvalue weighted by molar-refractivity contribution is -0.123. The molecule has 0 spiro atoms. The number of carbonyl (C=O) groups excluding carboxylic acids is 1. The molecule has 1 unspecified atom stereocenters. The number of amides is 1. The van der Waals surface area contributed by atoms with Crippen LogP contribution in [0.2, 0.25) is 0 Å². The van der Waals surface area contributed by atoms with Crippen LogP contribution in [-0.4, -0.2) is 15.9 Å². The lowest BCUT2D eigenvalue weighted by atomic mass is 9.86. The molecule has 1 aliphatic carbocycles. The maximum absolute atomic E-state index is 12.7. The Labute approximate surface area is 145 Å². The van der Waals surface area contributed by atoms with Gasteiger partial charge in [0.25, 0.3) is 0 Å². The second-order valence-electron chi connectivity index (χ2n) is 6.31. The highest BCUT2D eigenvalue weighted by molar-refractivity contribution is 7.09. The van der Waals surface area contributed by atoms with Crippen LogP contribution in [0.25, 0.3) is 10.9 Å². The van der Waals surface area contributed by atoms with Crippen molar-refractivity contribution >= 4 is 28.1 Å². The third-order valence-corrected chi connectivity index (χ3v) is 5.70. The van der Waals surface area contributed by atoms with Gasteiger partial charge in [0.15, 0.2) is 0 Å². The third kappa shape index (κ3) is 2.73. The first-order valence-corrected chi connectivity index (χ1v) is 9.44. The zero-order chi connectivity index (χ0) is 16.5. The highest BCUT2D eigenvalue weighted by Gasteiger charge is 2.29. The van der Waals surface area contributed by atoms with Gasteiger partial charge in [0.05, 0.1) is 18.2 Å². The quantitative estimate of drug-likeness (QED) is 0.757. The SMILES string of the molecule is CCc1csc(CNC(=O)C2CCCc3c2[nH]c2ccccc32)n1. The summed E-state index contributed by atoms with van der Waals surface area (Å²) < 4.78 is 0. The van der Waals surface area contributed by atoms with E-state index in [-0.39, 0.29) is 11.8 Å². The van der Waals surface area contributed by atoms with Crippen LogP contribution in [0.4, 0.5) is 0 Å². The second-order valence-corrected chi connectivity index (χ2v) is 7.25. The van der Waals surface area contributed by atoms with E-state index in [9.17, 15) is 4.79 Å². The standard InChI is InChI=1S/C19H21N3OS/c1-2-12-11-24-17(21-12)10-20-19(23)15-8-5-7-14-13-6-3-4-9-16(13)22-18(14)15/h3-4,6,9,11,15,22H,2,5,7-8,10H2,1H3,(H,20,23). The molecule has 5 heteroatoms. The molecule has 2 N–H and O–H groups in total. The Morgan fingerprint density at radius 2 is 2.29 bits per heavy atom. The van der Waals surface area contributed by atoms with Gasteiger partial charge in [-0.15, -0.1) is 11.3 Å². The number of benzene rings is 1. The van der Waals surface area contributed by atoms with Gasteiger partial charge >= 0.3 is 0 Å². The molecule has 1 amide bonds. The summed E-state index contributed by atoms with van der Waals surface area (Å²) in [6.07, 6.45) is 3.95. The number of rotatable bonds is 4.